The van der Waals surface area contributed by atoms with Crippen LogP contribution in [0.4, 0.5) is 0 Å². The third-order valence-corrected chi connectivity index (χ3v) is 3.47. The van der Waals surface area contributed by atoms with Crippen molar-refractivity contribution in [1.82, 2.24) is 5.32 Å². The monoisotopic (exact) mass is 243 g/mol. The summed E-state index contributed by atoms with van der Waals surface area (Å²) in [5.74, 6) is -0.214. The highest BCUT2D eigenvalue weighted by atomic mass is 16.5. The zero-order valence-electron chi connectivity index (χ0n) is 11.4. The van der Waals surface area contributed by atoms with Gasteiger partial charge in [0.15, 0.2) is 0 Å². The Morgan fingerprint density at radius 1 is 1.35 bits per heavy atom. The van der Waals surface area contributed by atoms with E-state index in [1.807, 2.05) is 20.9 Å². The van der Waals surface area contributed by atoms with Gasteiger partial charge >= 0.3 is 5.97 Å². The van der Waals surface area contributed by atoms with Gasteiger partial charge in [-0.2, -0.15) is 0 Å². The van der Waals surface area contributed by atoms with Crippen LogP contribution in [0.2, 0.25) is 0 Å². The fourth-order valence-corrected chi connectivity index (χ4v) is 2.28. The molecule has 0 amide bonds. The number of likely N-dealkylation sites (N-methyl/N-ethyl adjacent to an activating group) is 1. The summed E-state index contributed by atoms with van der Waals surface area (Å²) < 4.78 is 10.7. The van der Waals surface area contributed by atoms with Gasteiger partial charge in [0.1, 0.15) is 0 Å². The minimum Gasteiger partial charge on any atom is -0.469 e. The summed E-state index contributed by atoms with van der Waals surface area (Å²) in [6.45, 7) is 4.13. The first-order chi connectivity index (χ1) is 8.01. The third-order valence-electron chi connectivity index (χ3n) is 3.47. The lowest BCUT2D eigenvalue weighted by atomic mass is 9.91. The Kier molecular flexibility index (Phi) is 5.40. The number of hydrogen-bond donors (Lipinski definition) is 1. The average molecular weight is 243 g/mol. The van der Waals surface area contributed by atoms with Crippen LogP contribution in [0.1, 0.15) is 39.5 Å². The number of carbonyl (C=O) groups is 1. The van der Waals surface area contributed by atoms with Crippen molar-refractivity contribution in [1.29, 1.82) is 0 Å². The smallest absolute Gasteiger partial charge is 0.313 e. The van der Waals surface area contributed by atoms with Crippen molar-refractivity contribution < 1.29 is 14.3 Å². The highest BCUT2D eigenvalue weighted by molar-refractivity contribution is 5.75. The molecule has 1 saturated carbocycles. The summed E-state index contributed by atoms with van der Waals surface area (Å²) in [6, 6.07) is 0.414. The van der Waals surface area contributed by atoms with E-state index in [2.05, 4.69) is 5.32 Å². The first kappa shape index (κ1) is 14.5. The van der Waals surface area contributed by atoms with Gasteiger partial charge in [-0.05, 0) is 33.7 Å². The molecule has 0 aromatic rings. The van der Waals surface area contributed by atoms with E-state index in [1.165, 1.54) is 20.0 Å². The van der Waals surface area contributed by atoms with Crippen LogP contribution in [0.15, 0.2) is 0 Å². The van der Waals surface area contributed by atoms with Crippen molar-refractivity contribution >= 4 is 5.97 Å². The van der Waals surface area contributed by atoms with Gasteiger partial charge < -0.3 is 14.8 Å². The van der Waals surface area contributed by atoms with Gasteiger partial charge in [-0.3, -0.25) is 4.79 Å². The van der Waals surface area contributed by atoms with Crippen molar-refractivity contribution in [3.05, 3.63) is 0 Å². The first-order valence-electron chi connectivity index (χ1n) is 6.38. The fourth-order valence-electron chi connectivity index (χ4n) is 2.28. The van der Waals surface area contributed by atoms with Gasteiger partial charge in [-0.15, -0.1) is 0 Å². The number of nitrogens with one attached hydrogen (secondary N) is 1. The van der Waals surface area contributed by atoms with Crippen LogP contribution in [0.25, 0.3) is 0 Å². The van der Waals surface area contributed by atoms with Crippen molar-refractivity contribution in [2.24, 2.45) is 5.41 Å². The van der Waals surface area contributed by atoms with E-state index in [9.17, 15) is 4.79 Å². The maximum absolute atomic E-state index is 11.5. The van der Waals surface area contributed by atoms with Crippen molar-refractivity contribution in [3.8, 4) is 0 Å². The lowest BCUT2D eigenvalue weighted by Crippen LogP contribution is -2.44. The zero-order chi connectivity index (χ0) is 12.9. The van der Waals surface area contributed by atoms with E-state index in [-0.39, 0.29) is 12.1 Å². The molecule has 17 heavy (non-hydrogen) atoms. The molecule has 100 valence electrons. The Balaban J connectivity index is 2.45. The number of ether oxygens (including phenoxy) is 2. The largest absolute Gasteiger partial charge is 0.469 e. The van der Waals surface area contributed by atoms with E-state index in [0.29, 0.717) is 12.6 Å². The molecule has 0 aromatic carbocycles. The standard InChI is InChI=1S/C13H25NO3/c1-13(2,12(15)16-4)9-17-11-8-6-5-7-10(11)14-3/h10-11,14H,5-9H2,1-4H3. The van der Waals surface area contributed by atoms with Crippen LogP contribution in [0, 0.1) is 5.41 Å². The summed E-state index contributed by atoms with van der Waals surface area (Å²) in [5.41, 5.74) is -0.565. The summed E-state index contributed by atoms with van der Waals surface area (Å²) >= 11 is 0. The molecule has 2 atom stereocenters. The number of hydrogen-bond acceptors (Lipinski definition) is 4. The van der Waals surface area contributed by atoms with Gasteiger partial charge in [0.05, 0.1) is 25.2 Å². The molecule has 2 unspecified atom stereocenters. The summed E-state index contributed by atoms with van der Waals surface area (Å²) in [5, 5.41) is 3.29. The third kappa shape index (κ3) is 3.96. The van der Waals surface area contributed by atoms with Crippen molar-refractivity contribution in [2.75, 3.05) is 20.8 Å². The minimum absolute atomic E-state index is 0.214. The van der Waals surface area contributed by atoms with Crippen LogP contribution in [-0.4, -0.2) is 38.9 Å². The summed E-state index contributed by atoms with van der Waals surface area (Å²) in [7, 11) is 3.39. The van der Waals surface area contributed by atoms with E-state index >= 15 is 0 Å². The van der Waals surface area contributed by atoms with Crippen LogP contribution in [0.3, 0.4) is 0 Å². The molecule has 0 saturated heterocycles. The van der Waals surface area contributed by atoms with E-state index in [0.717, 1.165) is 12.8 Å². The second-order valence-corrected chi connectivity index (χ2v) is 5.40. The van der Waals surface area contributed by atoms with Crippen molar-refractivity contribution in [3.63, 3.8) is 0 Å². The van der Waals surface area contributed by atoms with E-state index < -0.39 is 5.41 Å². The topological polar surface area (TPSA) is 47.6 Å². The predicted molar refractivity (Wildman–Crippen MR) is 66.9 cm³/mol. The molecule has 1 fully saturated rings. The highest BCUT2D eigenvalue weighted by Crippen LogP contribution is 2.24. The molecule has 1 aliphatic rings. The van der Waals surface area contributed by atoms with Gasteiger partial charge in [-0.1, -0.05) is 12.8 Å². The molecule has 0 spiro atoms. The van der Waals surface area contributed by atoms with Crippen LogP contribution in [0.5, 0.6) is 0 Å². The molecule has 1 N–H and O–H groups in total. The lowest BCUT2D eigenvalue weighted by Gasteiger charge is -2.33. The second kappa shape index (κ2) is 6.36. The normalized spacial score (nSPS) is 25.6. The molecule has 1 rings (SSSR count). The Bertz CT molecular complexity index is 253. The number of rotatable bonds is 5. The van der Waals surface area contributed by atoms with E-state index in [1.54, 1.807) is 0 Å². The SMILES string of the molecule is CNC1CCCCC1OCC(C)(C)C(=O)OC. The maximum Gasteiger partial charge on any atom is 0.313 e. The summed E-state index contributed by atoms with van der Waals surface area (Å²) in [4.78, 5) is 11.5. The van der Waals surface area contributed by atoms with Crippen LogP contribution >= 0.6 is 0 Å². The molecule has 0 heterocycles. The molecule has 4 heteroatoms. The predicted octanol–water partition coefficient (Wildman–Crippen LogP) is 1.73. The van der Waals surface area contributed by atoms with Gasteiger partial charge in [0.25, 0.3) is 0 Å². The fraction of sp³-hybridized carbons (Fsp3) is 0.923. The average Bonchev–Trinajstić information content (AvgIpc) is 2.35. The van der Waals surface area contributed by atoms with Crippen molar-refractivity contribution in [2.45, 2.75) is 51.7 Å². The molecule has 0 aliphatic heterocycles. The maximum atomic E-state index is 11.5. The first-order valence-corrected chi connectivity index (χ1v) is 6.38. The summed E-state index contributed by atoms with van der Waals surface area (Å²) in [6.07, 6.45) is 4.91. The van der Waals surface area contributed by atoms with Crippen LogP contribution < -0.4 is 5.32 Å². The highest BCUT2D eigenvalue weighted by Gasteiger charge is 2.32. The minimum atomic E-state index is -0.565. The number of methoxy groups -OCH3 is 1. The Hall–Kier alpha value is -0.610. The zero-order valence-corrected chi connectivity index (χ0v) is 11.4. The van der Waals surface area contributed by atoms with Gasteiger partial charge in [0.2, 0.25) is 0 Å². The molecule has 0 bridgehead atoms. The Morgan fingerprint density at radius 2 is 2.00 bits per heavy atom. The van der Waals surface area contributed by atoms with Gasteiger partial charge in [-0.25, -0.2) is 0 Å². The Labute approximate surface area is 104 Å². The molecule has 0 radical (unpaired) electrons. The quantitative estimate of drug-likeness (QED) is 0.747. The van der Waals surface area contributed by atoms with E-state index in [4.69, 9.17) is 9.47 Å². The van der Waals surface area contributed by atoms with Crippen LogP contribution in [-0.2, 0) is 14.3 Å². The lowest BCUT2D eigenvalue weighted by molar-refractivity contribution is -0.156. The number of carbonyl (C=O) groups excluding carboxylic acids is 1. The molecule has 1 aliphatic carbocycles. The molecule has 0 aromatic heterocycles. The molecular formula is C13H25NO3. The Morgan fingerprint density at radius 3 is 2.59 bits per heavy atom. The van der Waals surface area contributed by atoms with Gasteiger partial charge in [0, 0.05) is 6.04 Å². The molecule has 4 nitrogen and oxygen atoms in total. The number of esters is 1. The molecular weight excluding hydrogens is 218 g/mol. The second-order valence-electron chi connectivity index (χ2n) is 5.40.